The number of H-pyrrole nitrogens is 1. The van der Waals surface area contributed by atoms with Crippen LogP contribution in [0.3, 0.4) is 0 Å². The highest BCUT2D eigenvalue weighted by Crippen LogP contribution is 2.45. The molecule has 0 amide bonds. The molecule has 0 spiro atoms. The van der Waals surface area contributed by atoms with Gasteiger partial charge in [0.2, 0.25) is 0 Å². The molecule has 8 heteroatoms. The minimum absolute atomic E-state index is 0.174. The summed E-state index contributed by atoms with van der Waals surface area (Å²) < 4.78 is 7.40. The van der Waals surface area contributed by atoms with Crippen LogP contribution in [0.25, 0.3) is 0 Å². The molecule has 7 nitrogen and oxygen atoms in total. The number of rotatable bonds is 5. The van der Waals surface area contributed by atoms with Crippen molar-refractivity contribution in [2.24, 2.45) is 0 Å². The van der Waals surface area contributed by atoms with Crippen LogP contribution in [0.1, 0.15) is 33.9 Å². The van der Waals surface area contributed by atoms with Gasteiger partial charge in [0.1, 0.15) is 19.8 Å². The van der Waals surface area contributed by atoms with E-state index in [1.54, 1.807) is 6.92 Å². The third-order valence-electron chi connectivity index (χ3n) is 7.25. The van der Waals surface area contributed by atoms with Gasteiger partial charge < -0.3 is 14.9 Å². The average Bonchev–Trinajstić information content (AvgIpc) is 3.01. The molecular formula is C26H32N2O5Si. The molecule has 3 aromatic rings. The van der Waals surface area contributed by atoms with Gasteiger partial charge in [0.05, 0.1) is 6.10 Å². The van der Waals surface area contributed by atoms with E-state index < -0.39 is 43.4 Å². The highest BCUT2D eigenvalue weighted by Gasteiger charge is 2.58. The molecule has 2 aromatic carbocycles. The van der Waals surface area contributed by atoms with E-state index in [2.05, 4.69) is 50.0 Å². The Morgan fingerprint density at radius 1 is 1.00 bits per heavy atom. The second kappa shape index (κ2) is 8.78. The van der Waals surface area contributed by atoms with Crippen molar-refractivity contribution in [1.82, 2.24) is 9.55 Å². The Hall–Kier alpha value is -2.78. The minimum Gasteiger partial charge on any atom is -0.385 e. The molecule has 0 bridgehead atoms. The van der Waals surface area contributed by atoms with Gasteiger partial charge in [-0.05, 0) is 18.0 Å². The van der Waals surface area contributed by atoms with Gasteiger partial charge in [0.15, 0.2) is 6.23 Å². The van der Waals surface area contributed by atoms with E-state index in [9.17, 15) is 19.8 Å². The van der Waals surface area contributed by atoms with E-state index in [1.165, 1.54) is 22.6 Å². The van der Waals surface area contributed by atoms with Crippen molar-refractivity contribution in [1.29, 1.82) is 0 Å². The maximum atomic E-state index is 12.4. The van der Waals surface area contributed by atoms with Gasteiger partial charge >= 0.3 is 5.69 Å². The number of ether oxygens (including phenoxy) is 1. The highest BCUT2D eigenvalue weighted by atomic mass is 28.3. The maximum absolute atomic E-state index is 12.4. The van der Waals surface area contributed by atoms with Crippen LogP contribution in [-0.2, 0) is 4.74 Å². The number of aromatic nitrogens is 2. The van der Waals surface area contributed by atoms with Gasteiger partial charge in [-0.3, -0.25) is 14.3 Å². The van der Waals surface area contributed by atoms with Gasteiger partial charge in [0, 0.05) is 12.3 Å². The van der Waals surface area contributed by atoms with E-state index in [0.29, 0.717) is 6.04 Å². The molecule has 4 atom stereocenters. The first kappa shape index (κ1) is 24.3. The van der Waals surface area contributed by atoms with E-state index in [4.69, 9.17) is 4.74 Å². The summed E-state index contributed by atoms with van der Waals surface area (Å²) in [4.78, 5) is 26.1. The number of hydrogen-bond acceptors (Lipinski definition) is 5. The molecule has 2 unspecified atom stereocenters. The smallest absolute Gasteiger partial charge is 0.330 e. The molecule has 0 saturated carbocycles. The standard InChI is InChI=1S/C26H32N2O5Si/c1-25(2,3)34(18-11-7-5-8-12-18,19-13-9-6-10-14-19)17-20-26(4,32)22(30)23(33-20)28-16-15-21(29)27-24(28)31/h5-16,20,22-23,30,32H,17H2,1-4H3,(H,27,29,31)/t20-,22?,23-,26?/m1/s1. The largest absolute Gasteiger partial charge is 0.385 e. The minimum atomic E-state index is -2.63. The van der Waals surface area contributed by atoms with Gasteiger partial charge in [0.25, 0.3) is 5.56 Å². The number of hydrogen-bond donors (Lipinski definition) is 3. The summed E-state index contributed by atoms with van der Waals surface area (Å²) in [6.45, 7) is 8.19. The topological polar surface area (TPSA) is 105 Å². The maximum Gasteiger partial charge on any atom is 0.330 e. The SMILES string of the molecule is CC1(O)C(O)[C@H](n2ccc(=O)[nH]c2=O)O[C@@H]1C[Si](c1ccccc1)(c1ccccc1)C(C)(C)C. The predicted octanol–water partition coefficient (Wildman–Crippen LogP) is 1.61. The molecule has 1 saturated heterocycles. The summed E-state index contributed by atoms with van der Waals surface area (Å²) in [5.41, 5.74) is -2.85. The lowest BCUT2D eigenvalue weighted by molar-refractivity contribution is -0.0585. The van der Waals surface area contributed by atoms with E-state index in [0.717, 1.165) is 4.57 Å². The summed E-state index contributed by atoms with van der Waals surface area (Å²) in [6.07, 6.45) is -1.95. The summed E-state index contributed by atoms with van der Waals surface area (Å²) in [6, 6.07) is 22.3. The van der Waals surface area contributed by atoms with Crippen LogP contribution >= 0.6 is 0 Å². The van der Waals surface area contributed by atoms with Crippen molar-refractivity contribution in [3.05, 3.63) is 93.8 Å². The third kappa shape index (κ3) is 4.00. The molecule has 0 aliphatic carbocycles. The molecule has 1 aromatic heterocycles. The number of benzene rings is 2. The average molecular weight is 481 g/mol. The first-order valence-corrected chi connectivity index (χ1v) is 13.7. The van der Waals surface area contributed by atoms with Crippen molar-refractivity contribution in [3.63, 3.8) is 0 Å². The summed E-state index contributed by atoms with van der Waals surface area (Å²) >= 11 is 0. The number of aromatic amines is 1. The van der Waals surface area contributed by atoms with E-state index >= 15 is 0 Å². The van der Waals surface area contributed by atoms with Crippen LogP contribution in [-0.4, -0.2) is 45.6 Å². The second-order valence-corrected chi connectivity index (χ2v) is 15.2. The zero-order valence-electron chi connectivity index (χ0n) is 19.9. The monoisotopic (exact) mass is 480 g/mol. The van der Waals surface area contributed by atoms with Crippen LogP contribution in [0.15, 0.2) is 82.5 Å². The summed E-state index contributed by atoms with van der Waals surface area (Å²) in [5.74, 6) is 0. The van der Waals surface area contributed by atoms with Crippen molar-refractivity contribution in [2.45, 2.75) is 62.8 Å². The molecule has 1 aliphatic heterocycles. The fraction of sp³-hybridized carbons (Fsp3) is 0.385. The Kier molecular flexibility index (Phi) is 6.28. The molecule has 4 rings (SSSR count). The van der Waals surface area contributed by atoms with Crippen molar-refractivity contribution in [3.8, 4) is 0 Å². The van der Waals surface area contributed by atoms with Crippen molar-refractivity contribution < 1.29 is 14.9 Å². The van der Waals surface area contributed by atoms with Gasteiger partial charge in [-0.1, -0.05) is 91.8 Å². The molecule has 180 valence electrons. The molecule has 2 heterocycles. The summed E-state index contributed by atoms with van der Waals surface area (Å²) in [7, 11) is -2.63. The normalized spacial score (nSPS) is 25.4. The Labute approximate surface area is 199 Å². The molecule has 1 fully saturated rings. The van der Waals surface area contributed by atoms with Gasteiger partial charge in [-0.15, -0.1) is 0 Å². The second-order valence-electron chi connectivity index (χ2n) is 10.3. The third-order valence-corrected chi connectivity index (χ3v) is 13.4. The Morgan fingerprint density at radius 3 is 2.00 bits per heavy atom. The zero-order chi connectivity index (χ0) is 24.7. The van der Waals surface area contributed by atoms with Gasteiger partial charge in [-0.2, -0.15) is 0 Å². The van der Waals surface area contributed by atoms with Crippen LogP contribution in [0.5, 0.6) is 0 Å². The lowest BCUT2D eigenvalue weighted by Gasteiger charge is -2.46. The molecular weight excluding hydrogens is 448 g/mol. The number of nitrogens with zero attached hydrogens (tertiary/aromatic N) is 1. The van der Waals surface area contributed by atoms with E-state index in [1.807, 2.05) is 36.4 Å². The van der Waals surface area contributed by atoms with Crippen LogP contribution in [0, 0.1) is 0 Å². The Balaban J connectivity index is 1.85. The highest BCUT2D eigenvalue weighted by molar-refractivity contribution is 7.04. The van der Waals surface area contributed by atoms with Crippen LogP contribution in [0.2, 0.25) is 11.1 Å². The first-order chi connectivity index (χ1) is 16.0. The predicted molar refractivity (Wildman–Crippen MR) is 134 cm³/mol. The zero-order valence-corrected chi connectivity index (χ0v) is 20.9. The number of aliphatic hydroxyl groups excluding tert-OH is 1. The fourth-order valence-electron chi connectivity index (χ4n) is 5.26. The molecule has 1 aliphatic rings. The van der Waals surface area contributed by atoms with Crippen LogP contribution in [0.4, 0.5) is 0 Å². The molecule has 34 heavy (non-hydrogen) atoms. The van der Waals surface area contributed by atoms with Crippen molar-refractivity contribution >= 4 is 18.4 Å². The fourth-order valence-corrected chi connectivity index (χ4v) is 11.0. The number of aliphatic hydroxyl groups is 2. The molecule has 0 radical (unpaired) electrons. The van der Waals surface area contributed by atoms with Crippen LogP contribution < -0.4 is 21.6 Å². The number of nitrogens with one attached hydrogen (secondary N) is 1. The molecule has 3 N–H and O–H groups in total. The lowest BCUT2D eigenvalue weighted by atomic mass is 9.95. The first-order valence-electron chi connectivity index (χ1n) is 11.5. The van der Waals surface area contributed by atoms with E-state index in [-0.39, 0.29) is 5.04 Å². The van der Waals surface area contributed by atoms with Crippen molar-refractivity contribution in [2.75, 3.05) is 0 Å². The van der Waals surface area contributed by atoms with Gasteiger partial charge in [-0.25, -0.2) is 4.79 Å². The lowest BCUT2D eigenvalue weighted by Crippen LogP contribution is -2.66. The Morgan fingerprint density at radius 2 is 1.53 bits per heavy atom. The quantitative estimate of drug-likeness (QED) is 0.482. The Bertz CT molecular complexity index is 1210. The summed E-state index contributed by atoms with van der Waals surface area (Å²) in [5, 5.41) is 24.8.